The van der Waals surface area contributed by atoms with Crippen molar-refractivity contribution in [2.75, 3.05) is 26.2 Å². The van der Waals surface area contributed by atoms with Crippen LogP contribution in [0.5, 0.6) is 0 Å². The fourth-order valence-electron chi connectivity index (χ4n) is 2.92. The van der Waals surface area contributed by atoms with E-state index in [-0.39, 0.29) is 5.54 Å². The number of piperazine rings is 1. The summed E-state index contributed by atoms with van der Waals surface area (Å²) >= 11 is 0. The van der Waals surface area contributed by atoms with E-state index in [0.29, 0.717) is 0 Å². The van der Waals surface area contributed by atoms with E-state index in [0.717, 1.165) is 24.9 Å². The van der Waals surface area contributed by atoms with Crippen LogP contribution in [0.2, 0.25) is 0 Å². The first-order valence-electron chi connectivity index (χ1n) is 8.27. The molecular formula is C17H29N3O. The van der Waals surface area contributed by atoms with Gasteiger partial charge in [0.1, 0.15) is 5.76 Å². The molecule has 0 amide bonds. The van der Waals surface area contributed by atoms with E-state index >= 15 is 0 Å². The Morgan fingerprint density at radius 3 is 2.52 bits per heavy atom. The predicted octanol–water partition coefficient (Wildman–Crippen LogP) is 2.45. The van der Waals surface area contributed by atoms with Gasteiger partial charge < -0.3 is 9.73 Å². The lowest BCUT2D eigenvalue weighted by Crippen LogP contribution is -2.46. The minimum absolute atomic E-state index is 0.149. The molecule has 1 aliphatic heterocycles. The quantitative estimate of drug-likeness (QED) is 0.903. The van der Waals surface area contributed by atoms with Crippen LogP contribution in [0.4, 0.5) is 0 Å². The first-order chi connectivity index (χ1) is 9.99. The Hall–Kier alpha value is -0.840. The number of hydrogen-bond acceptors (Lipinski definition) is 4. The van der Waals surface area contributed by atoms with Gasteiger partial charge in [-0.2, -0.15) is 0 Å². The van der Waals surface area contributed by atoms with Crippen molar-refractivity contribution in [1.29, 1.82) is 0 Å². The molecule has 1 saturated carbocycles. The van der Waals surface area contributed by atoms with E-state index < -0.39 is 0 Å². The molecule has 0 atom stereocenters. The van der Waals surface area contributed by atoms with Gasteiger partial charge in [-0.25, -0.2) is 0 Å². The Morgan fingerprint density at radius 1 is 1.19 bits per heavy atom. The largest absolute Gasteiger partial charge is 0.468 e. The lowest BCUT2D eigenvalue weighted by atomic mass is 10.1. The topological polar surface area (TPSA) is 31.7 Å². The lowest BCUT2D eigenvalue weighted by molar-refractivity contribution is 0.115. The van der Waals surface area contributed by atoms with Crippen LogP contribution in [0.1, 0.15) is 44.9 Å². The highest BCUT2D eigenvalue weighted by molar-refractivity contribution is 5.13. The molecule has 3 rings (SSSR count). The standard InChI is InChI=1S/C17H29N3O/c1-17(2,3)18-11-14-10-16(21-13-14)12-19-6-8-20(9-7-19)15-4-5-15/h10,13,15,18H,4-9,11-12H2,1-3H3. The van der Waals surface area contributed by atoms with Gasteiger partial charge in [-0.1, -0.05) is 0 Å². The molecule has 1 N–H and O–H groups in total. The summed E-state index contributed by atoms with van der Waals surface area (Å²) in [6.45, 7) is 13.2. The van der Waals surface area contributed by atoms with Crippen molar-refractivity contribution in [2.24, 2.45) is 0 Å². The van der Waals surface area contributed by atoms with Crippen molar-refractivity contribution in [3.8, 4) is 0 Å². The van der Waals surface area contributed by atoms with Crippen molar-refractivity contribution in [1.82, 2.24) is 15.1 Å². The third-order valence-corrected chi connectivity index (χ3v) is 4.38. The van der Waals surface area contributed by atoms with Crippen molar-refractivity contribution < 1.29 is 4.42 Å². The van der Waals surface area contributed by atoms with Crippen LogP contribution in [-0.2, 0) is 13.1 Å². The highest BCUT2D eigenvalue weighted by atomic mass is 16.3. The van der Waals surface area contributed by atoms with Crippen LogP contribution in [0.25, 0.3) is 0 Å². The molecular weight excluding hydrogens is 262 g/mol. The molecule has 2 fully saturated rings. The molecule has 4 nitrogen and oxygen atoms in total. The first kappa shape index (κ1) is 15.1. The number of nitrogens with zero attached hydrogens (tertiary/aromatic N) is 2. The predicted molar refractivity (Wildman–Crippen MR) is 85.2 cm³/mol. The van der Waals surface area contributed by atoms with E-state index in [9.17, 15) is 0 Å². The van der Waals surface area contributed by atoms with Gasteiger partial charge in [0.2, 0.25) is 0 Å². The minimum atomic E-state index is 0.149. The van der Waals surface area contributed by atoms with E-state index in [2.05, 4.69) is 42.0 Å². The maximum Gasteiger partial charge on any atom is 0.118 e. The molecule has 2 heterocycles. The van der Waals surface area contributed by atoms with E-state index in [4.69, 9.17) is 4.42 Å². The van der Waals surface area contributed by atoms with Gasteiger partial charge >= 0.3 is 0 Å². The van der Waals surface area contributed by atoms with Crippen molar-refractivity contribution in [2.45, 2.75) is 58.3 Å². The summed E-state index contributed by atoms with van der Waals surface area (Å²) in [5, 5.41) is 3.50. The molecule has 21 heavy (non-hydrogen) atoms. The smallest absolute Gasteiger partial charge is 0.118 e. The highest BCUT2D eigenvalue weighted by Gasteiger charge is 2.31. The van der Waals surface area contributed by atoms with Gasteiger partial charge in [0, 0.05) is 49.9 Å². The van der Waals surface area contributed by atoms with Gasteiger partial charge in [0.25, 0.3) is 0 Å². The molecule has 118 valence electrons. The van der Waals surface area contributed by atoms with Crippen LogP contribution in [-0.4, -0.2) is 47.6 Å². The Kier molecular flexibility index (Phi) is 4.38. The zero-order valence-corrected chi connectivity index (χ0v) is 13.7. The number of nitrogens with one attached hydrogen (secondary N) is 1. The SMILES string of the molecule is CC(C)(C)NCc1coc(CN2CCN(C3CC3)CC2)c1. The van der Waals surface area contributed by atoms with E-state index in [1.165, 1.54) is 44.6 Å². The molecule has 1 aliphatic carbocycles. The van der Waals surface area contributed by atoms with Crippen LogP contribution >= 0.6 is 0 Å². The van der Waals surface area contributed by atoms with Crippen molar-refractivity contribution >= 4 is 0 Å². The van der Waals surface area contributed by atoms with Crippen molar-refractivity contribution in [3.63, 3.8) is 0 Å². The number of rotatable bonds is 5. The average Bonchev–Trinajstić information content (AvgIpc) is 3.18. The van der Waals surface area contributed by atoms with Crippen LogP contribution in [0, 0.1) is 0 Å². The second-order valence-corrected chi connectivity index (χ2v) is 7.57. The fourth-order valence-corrected chi connectivity index (χ4v) is 2.92. The molecule has 1 saturated heterocycles. The normalized spacial score (nSPS) is 21.9. The number of hydrogen-bond donors (Lipinski definition) is 1. The average molecular weight is 291 g/mol. The van der Waals surface area contributed by atoms with E-state index in [1.54, 1.807) is 0 Å². The Morgan fingerprint density at radius 2 is 1.90 bits per heavy atom. The number of furan rings is 1. The molecule has 1 aromatic heterocycles. The Balaban J connectivity index is 1.44. The monoisotopic (exact) mass is 291 g/mol. The second-order valence-electron chi connectivity index (χ2n) is 7.57. The fraction of sp³-hybridized carbons (Fsp3) is 0.765. The van der Waals surface area contributed by atoms with Gasteiger partial charge in [-0.15, -0.1) is 0 Å². The summed E-state index contributed by atoms with van der Waals surface area (Å²) in [6, 6.07) is 3.11. The molecule has 0 radical (unpaired) electrons. The summed E-state index contributed by atoms with van der Waals surface area (Å²) in [5.74, 6) is 1.10. The molecule has 0 aromatic carbocycles. The summed E-state index contributed by atoms with van der Waals surface area (Å²) in [6.07, 6.45) is 4.74. The Labute approximate surface area is 128 Å². The summed E-state index contributed by atoms with van der Waals surface area (Å²) in [4.78, 5) is 5.16. The van der Waals surface area contributed by atoms with Gasteiger partial charge in [0.05, 0.1) is 12.8 Å². The van der Waals surface area contributed by atoms with Gasteiger partial charge in [0.15, 0.2) is 0 Å². The maximum atomic E-state index is 5.72. The first-order valence-corrected chi connectivity index (χ1v) is 8.27. The molecule has 4 heteroatoms. The molecule has 0 spiro atoms. The zero-order chi connectivity index (χ0) is 14.9. The molecule has 2 aliphatic rings. The molecule has 1 aromatic rings. The second kappa shape index (κ2) is 6.11. The van der Waals surface area contributed by atoms with Crippen molar-refractivity contribution in [3.05, 3.63) is 23.7 Å². The molecule has 0 bridgehead atoms. The maximum absolute atomic E-state index is 5.72. The van der Waals surface area contributed by atoms with Crippen LogP contribution < -0.4 is 5.32 Å². The third-order valence-electron chi connectivity index (χ3n) is 4.38. The van der Waals surface area contributed by atoms with Crippen LogP contribution in [0.15, 0.2) is 16.7 Å². The van der Waals surface area contributed by atoms with Gasteiger partial charge in [-0.05, 0) is 39.7 Å². The summed E-state index contributed by atoms with van der Waals surface area (Å²) in [5.41, 5.74) is 1.40. The van der Waals surface area contributed by atoms with E-state index in [1.807, 2.05) is 6.26 Å². The third kappa shape index (κ3) is 4.56. The zero-order valence-electron chi connectivity index (χ0n) is 13.7. The Bertz CT molecular complexity index is 451. The summed E-state index contributed by atoms with van der Waals surface area (Å²) in [7, 11) is 0. The van der Waals surface area contributed by atoms with Gasteiger partial charge in [-0.3, -0.25) is 9.80 Å². The molecule has 0 unspecified atom stereocenters. The minimum Gasteiger partial charge on any atom is -0.468 e. The summed E-state index contributed by atoms with van der Waals surface area (Å²) < 4.78 is 5.72. The lowest BCUT2D eigenvalue weighted by Gasteiger charge is -2.34. The van der Waals surface area contributed by atoms with Crippen LogP contribution in [0.3, 0.4) is 0 Å². The highest BCUT2D eigenvalue weighted by Crippen LogP contribution is 2.27.